The van der Waals surface area contributed by atoms with E-state index in [2.05, 4.69) is 38.2 Å². The Kier molecular flexibility index (Phi) is 4.90. The maximum Gasteiger partial charge on any atom is 0.0135 e. The number of hydrogen-bond donors (Lipinski definition) is 1. The van der Waals surface area contributed by atoms with Crippen LogP contribution in [0.1, 0.15) is 39.5 Å². The molecule has 0 aromatic rings. The molecular weight excluding hydrogens is 172 g/mol. The van der Waals surface area contributed by atoms with E-state index < -0.39 is 0 Å². The fraction of sp³-hybridized carbons (Fsp3) is 1.00. The van der Waals surface area contributed by atoms with E-state index in [9.17, 15) is 0 Å². The lowest BCUT2D eigenvalue weighted by atomic mass is 9.78. The molecule has 0 aromatic carbocycles. The van der Waals surface area contributed by atoms with Crippen LogP contribution in [0.15, 0.2) is 0 Å². The lowest BCUT2D eigenvalue weighted by Crippen LogP contribution is -2.51. The predicted molar refractivity (Wildman–Crippen MR) is 62.6 cm³/mol. The van der Waals surface area contributed by atoms with E-state index in [0.29, 0.717) is 0 Å². The number of hydrogen-bond acceptors (Lipinski definition) is 2. The molecule has 0 amide bonds. The van der Waals surface area contributed by atoms with Gasteiger partial charge in [0.1, 0.15) is 0 Å². The third kappa shape index (κ3) is 2.71. The highest BCUT2D eigenvalue weighted by Gasteiger charge is 2.34. The Hall–Kier alpha value is -0.0800. The van der Waals surface area contributed by atoms with E-state index in [1.54, 1.807) is 0 Å². The summed E-state index contributed by atoms with van der Waals surface area (Å²) >= 11 is 0. The molecule has 1 fully saturated rings. The van der Waals surface area contributed by atoms with Crippen molar-refractivity contribution in [2.45, 2.75) is 51.6 Å². The Balaban J connectivity index is 2.32. The minimum absolute atomic E-state index is 0.754. The molecule has 3 atom stereocenters. The average Bonchev–Trinajstić information content (AvgIpc) is 2.12. The summed E-state index contributed by atoms with van der Waals surface area (Å²) in [7, 11) is 4.36. The minimum Gasteiger partial charge on any atom is -0.319 e. The van der Waals surface area contributed by atoms with Crippen LogP contribution in [-0.4, -0.2) is 37.6 Å². The van der Waals surface area contributed by atoms with Gasteiger partial charge in [-0.15, -0.1) is 0 Å². The quantitative estimate of drug-likeness (QED) is 0.703. The molecular formula is C12H26N2. The zero-order valence-electron chi connectivity index (χ0n) is 10.2. The van der Waals surface area contributed by atoms with Crippen LogP contribution in [0.5, 0.6) is 0 Å². The van der Waals surface area contributed by atoms with Gasteiger partial charge in [-0.2, -0.15) is 0 Å². The highest BCUT2D eigenvalue weighted by Crippen LogP contribution is 2.32. The summed E-state index contributed by atoms with van der Waals surface area (Å²) in [5, 5.41) is 3.30. The third-order valence-electron chi connectivity index (χ3n) is 3.77. The maximum atomic E-state index is 3.30. The SMILES string of the molecule is CCCC(C)N(C)C1CCC1CNC. The van der Waals surface area contributed by atoms with E-state index in [1.807, 2.05) is 0 Å². The van der Waals surface area contributed by atoms with E-state index in [4.69, 9.17) is 0 Å². The molecule has 0 spiro atoms. The summed E-state index contributed by atoms with van der Waals surface area (Å²) in [4.78, 5) is 2.59. The van der Waals surface area contributed by atoms with Crippen LogP contribution in [0.4, 0.5) is 0 Å². The van der Waals surface area contributed by atoms with Crippen LogP contribution < -0.4 is 5.32 Å². The zero-order valence-corrected chi connectivity index (χ0v) is 10.2. The van der Waals surface area contributed by atoms with Crippen molar-refractivity contribution in [3.8, 4) is 0 Å². The maximum absolute atomic E-state index is 3.30. The molecule has 3 unspecified atom stereocenters. The smallest absolute Gasteiger partial charge is 0.0135 e. The normalized spacial score (nSPS) is 28.9. The second kappa shape index (κ2) is 5.72. The fourth-order valence-electron chi connectivity index (χ4n) is 2.54. The lowest BCUT2D eigenvalue weighted by Gasteiger charge is -2.45. The Morgan fingerprint density at radius 2 is 2.14 bits per heavy atom. The second-order valence-corrected chi connectivity index (χ2v) is 4.77. The monoisotopic (exact) mass is 198 g/mol. The van der Waals surface area contributed by atoms with Crippen molar-refractivity contribution in [3.05, 3.63) is 0 Å². The molecule has 2 nitrogen and oxygen atoms in total. The molecule has 2 heteroatoms. The molecule has 1 N–H and O–H groups in total. The summed E-state index contributed by atoms with van der Waals surface area (Å²) in [6.07, 6.45) is 5.44. The van der Waals surface area contributed by atoms with Crippen LogP contribution in [0.25, 0.3) is 0 Å². The molecule has 0 aliphatic heterocycles. The van der Waals surface area contributed by atoms with Crippen molar-refractivity contribution in [3.63, 3.8) is 0 Å². The van der Waals surface area contributed by atoms with Gasteiger partial charge in [-0.3, -0.25) is 0 Å². The highest BCUT2D eigenvalue weighted by atomic mass is 15.2. The highest BCUT2D eigenvalue weighted by molar-refractivity contribution is 4.90. The standard InChI is InChI=1S/C12H26N2/c1-5-6-10(2)14(4)12-8-7-11(12)9-13-3/h10-13H,5-9H2,1-4H3. The first-order chi connectivity index (χ1) is 6.70. The molecule has 1 saturated carbocycles. The van der Waals surface area contributed by atoms with Crippen molar-refractivity contribution in [2.24, 2.45) is 5.92 Å². The minimum atomic E-state index is 0.754. The van der Waals surface area contributed by atoms with Crippen LogP contribution in [0, 0.1) is 5.92 Å². The molecule has 1 aliphatic rings. The molecule has 0 radical (unpaired) electrons. The van der Waals surface area contributed by atoms with Gasteiger partial charge in [0.15, 0.2) is 0 Å². The Morgan fingerprint density at radius 1 is 1.43 bits per heavy atom. The Morgan fingerprint density at radius 3 is 2.57 bits per heavy atom. The average molecular weight is 198 g/mol. The topological polar surface area (TPSA) is 15.3 Å². The third-order valence-corrected chi connectivity index (χ3v) is 3.77. The summed E-state index contributed by atoms with van der Waals surface area (Å²) < 4.78 is 0. The lowest BCUT2D eigenvalue weighted by molar-refractivity contribution is 0.0532. The van der Waals surface area contributed by atoms with Gasteiger partial charge in [0.25, 0.3) is 0 Å². The first kappa shape index (κ1) is 12.0. The second-order valence-electron chi connectivity index (χ2n) is 4.77. The van der Waals surface area contributed by atoms with Crippen LogP contribution in [-0.2, 0) is 0 Å². The van der Waals surface area contributed by atoms with Gasteiger partial charge < -0.3 is 10.2 Å². The number of nitrogens with zero attached hydrogens (tertiary/aromatic N) is 1. The van der Waals surface area contributed by atoms with Gasteiger partial charge in [0, 0.05) is 12.1 Å². The molecule has 84 valence electrons. The van der Waals surface area contributed by atoms with E-state index >= 15 is 0 Å². The van der Waals surface area contributed by atoms with Crippen LogP contribution in [0.2, 0.25) is 0 Å². The fourth-order valence-corrected chi connectivity index (χ4v) is 2.54. The molecule has 1 aliphatic carbocycles. The van der Waals surface area contributed by atoms with Gasteiger partial charge >= 0.3 is 0 Å². The van der Waals surface area contributed by atoms with E-state index in [-0.39, 0.29) is 0 Å². The van der Waals surface area contributed by atoms with Gasteiger partial charge in [0.05, 0.1) is 0 Å². The summed E-state index contributed by atoms with van der Waals surface area (Å²) in [6.45, 7) is 5.82. The van der Waals surface area contributed by atoms with Crippen molar-refractivity contribution < 1.29 is 0 Å². The molecule has 0 heterocycles. The molecule has 0 aromatic heterocycles. The van der Waals surface area contributed by atoms with Gasteiger partial charge in [-0.1, -0.05) is 13.3 Å². The van der Waals surface area contributed by atoms with E-state index in [0.717, 1.165) is 18.0 Å². The Labute approximate surface area is 89.1 Å². The van der Waals surface area contributed by atoms with Crippen molar-refractivity contribution in [1.82, 2.24) is 10.2 Å². The van der Waals surface area contributed by atoms with E-state index in [1.165, 1.54) is 32.2 Å². The van der Waals surface area contributed by atoms with Crippen molar-refractivity contribution >= 4 is 0 Å². The van der Waals surface area contributed by atoms with Gasteiger partial charge in [-0.05, 0) is 52.7 Å². The van der Waals surface area contributed by atoms with Crippen molar-refractivity contribution in [2.75, 3.05) is 20.6 Å². The zero-order chi connectivity index (χ0) is 10.6. The molecule has 14 heavy (non-hydrogen) atoms. The Bertz CT molecular complexity index is 150. The first-order valence-electron chi connectivity index (χ1n) is 6.07. The summed E-state index contributed by atoms with van der Waals surface area (Å²) in [5.41, 5.74) is 0. The van der Waals surface area contributed by atoms with Crippen LogP contribution in [0.3, 0.4) is 0 Å². The van der Waals surface area contributed by atoms with Crippen LogP contribution >= 0.6 is 0 Å². The first-order valence-corrected chi connectivity index (χ1v) is 6.07. The molecule has 1 rings (SSSR count). The number of rotatable bonds is 6. The summed E-state index contributed by atoms with van der Waals surface area (Å²) in [6, 6.07) is 1.59. The largest absolute Gasteiger partial charge is 0.319 e. The molecule has 0 bridgehead atoms. The number of nitrogens with one attached hydrogen (secondary N) is 1. The molecule has 0 saturated heterocycles. The van der Waals surface area contributed by atoms with Gasteiger partial charge in [0.2, 0.25) is 0 Å². The summed E-state index contributed by atoms with van der Waals surface area (Å²) in [5.74, 6) is 0.893. The van der Waals surface area contributed by atoms with Gasteiger partial charge in [-0.25, -0.2) is 0 Å². The van der Waals surface area contributed by atoms with Crippen molar-refractivity contribution in [1.29, 1.82) is 0 Å². The predicted octanol–water partition coefficient (Wildman–Crippen LogP) is 2.10.